The van der Waals surface area contributed by atoms with Crippen molar-refractivity contribution >= 4 is 34.0 Å². The Kier molecular flexibility index (Phi) is 3.76. The third kappa shape index (κ3) is 2.46. The molecule has 3 heteroatoms. The second-order valence-electron chi connectivity index (χ2n) is 5.66. The quantitative estimate of drug-likeness (QED) is 0.534. The standard InChI is InChI=1S/C21H16NOP/c23-24(18-9-3-1-4-10-18,19-11-5-2-6-12-19)20-13-14-21-17(16-20)8-7-15-22-21/h1-16H. The molecule has 0 radical (unpaired) electrons. The van der Waals surface area contributed by atoms with Gasteiger partial charge in [-0.25, -0.2) is 0 Å². The van der Waals surface area contributed by atoms with E-state index in [-0.39, 0.29) is 0 Å². The first kappa shape index (κ1) is 14.9. The highest BCUT2D eigenvalue weighted by atomic mass is 31.2. The summed E-state index contributed by atoms with van der Waals surface area (Å²) in [5.41, 5.74) is 0.911. The number of hydrogen-bond donors (Lipinski definition) is 0. The average Bonchev–Trinajstić information content (AvgIpc) is 2.68. The number of rotatable bonds is 3. The molecule has 0 bridgehead atoms. The summed E-state index contributed by atoms with van der Waals surface area (Å²) in [5, 5.41) is 3.53. The van der Waals surface area contributed by atoms with Crippen molar-refractivity contribution in [3.63, 3.8) is 0 Å². The van der Waals surface area contributed by atoms with Gasteiger partial charge in [0.25, 0.3) is 0 Å². The van der Waals surface area contributed by atoms with Gasteiger partial charge in [-0.15, -0.1) is 0 Å². The molecule has 0 fully saturated rings. The maximum absolute atomic E-state index is 14.2. The molecule has 3 aromatic carbocycles. The van der Waals surface area contributed by atoms with Gasteiger partial charge >= 0.3 is 0 Å². The molecule has 2 nitrogen and oxygen atoms in total. The molecule has 4 rings (SSSR count). The molecular formula is C21H16NOP. The van der Waals surface area contributed by atoms with Crippen LogP contribution in [-0.4, -0.2) is 4.98 Å². The maximum atomic E-state index is 14.2. The zero-order valence-electron chi connectivity index (χ0n) is 13.0. The summed E-state index contributed by atoms with van der Waals surface area (Å²) < 4.78 is 14.2. The number of aromatic nitrogens is 1. The maximum Gasteiger partial charge on any atom is 0.171 e. The Morgan fingerprint density at radius 1 is 0.625 bits per heavy atom. The molecule has 1 aromatic heterocycles. The monoisotopic (exact) mass is 329 g/mol. The summed E-state index contributed by atoms with van der Waals surface area (Å²) in [4.78, 5) is 4.36. The van der Waals surface area contributed by atoms with Gasteiger partial charge in [-0.05, 0) is 24.3 Å². The van der Waals surface area contributed by atoms with E-state index >= 15 is 0 Å². The summed E-state index contributed by atoms with van der Waals surface area (Å²) in [6, 6.07) is 29.2. The smallest absolute Gasteiger partial charge is 0.171 e. The fraction of sp³-hybridized carbons (Fsp3) is 0. The van der Waals surface area contributed by atoms with Crippen LogP contribution in [0.1, 0.15) is 0 Å². The Morgan fingerprint density at radius 3 is 1.88 bits per heavy atom. The molecule has 0 saturated heterocycles. The minimum absolute atomic E-state index is 0.834. The van der Waals surface area contributed by atoms with E-state index in [0.29, 0.717) is 0 Å². The topological polar surface area (TPSA) is 30.0 Å². The van der Waals surface area contributed by atoms with Gasteiger partial charge in [0.05, 0.1) is 5.52 Å². The van der Waals surface area contributed by atoms with Crippen LogP contribution in [0.25, 0.3) is 10.9 Å². The molecule has 116 valence electrons. The summed E-state index contributed by atoms with van der Waals surface area (Å²) in [6.07, 6.45) is 1.77. The van der Waals surface area contributed by atoms with Gasteiger partial charge in [-0.3, -0.25) is 4.98 Å². The summed E-state index contributed by atoms with van der Waals surface area (Å²) in [7, 11) is -2.91. The van der Waals surface area contributed by atoms with Crippen LogP contribution in [-0.2, 0) is 4.57 Å². The van der Waals surface area contributed by atoms with Crippen LogP contribution in [0.15, 0.2) is 97.2 Å². The second-order valence-corrected chi connectivity index (χ2v) is 8.43. The van der Waals surface area contributed by atoms with Crippen LogP contribution in [0.2, 0.25) is 0 Å². The number of benzene rings is 3. The van der Waals surface area contributed by atoms with Crippen molar-refractivity contribution < 1.29 is 4.57 Å². The predicted molar refractivity (Wildman–Crippen MR) is 101 cm³/mol. The molecule has 0 aliphatic rings. The van der Waals surface area contributed by atoms with E-state index in [9.17, 15) is 4.57 Å². The minimum Gasteiger partial charge on any atom is -0.309 e. The average molecular weight is 329 g/mol. The fourth-order valence-electron chi connectivity index (χ4n) is 2.98. The van der Waals surface area contributed by atoms with Crippen LogP contribution < -0.4 is 15.9 Å². The van der Waals surface area contributed by atoms with E-state index in [4.69, 9.17) is 0 Å². The first-order valence-corrected chi connectivity index (χ1v) is 9.56. The minimum atomic E-state index is -2.91. The lowest BCUT2D eigenvalue weighted by atomic mass is 10.2. The number of nitrogens with zero attached hydrogens (tertiary/aromatic N) is 1. The van der Waals surface area contributed by atoms with Gasteiger partial charge in [0.15, 0.2) is 7.14 Å². The molecule has 0 N–H and O–H groups in total. The van der Waals surface area contributed by atoms with Gasteiger partial charge in [-0.1, -0.05) is 66.7 Å². The second kappa shape index (κ2) is 6.07. The molecule has 0 amide bonds. The lowest BCUT2D eigenvalue weighted by Gasteiger charge is -2.20. The highest BCUT2D eigenvalue weighted by molar-refractivity contribution is 7.85. The Morgan fingerprint density at radius 2 is 1.25 bits per heavy atom. The molecule has 0 atom stereocenters. The van der Waals surface area contributed by atoms with Crippen molar-refractivity contribution in [2.75, 3.05) is 0 Å². The molecule has 1 heterocycles. The van der Waals surface area contributed by atoms with Gasteiger partial charge in [0.2, 0.25) is 0 Å². The van der Waals surface area contributed by atoms with Gasteiger partial charge in [0.1, 0.15) is 0 Å². The van der Waals surface area contributed by atoms with Crippen molar-refractivity contribution in [2.45, 2.75) is 0 Å². The Labute approximate surface area is 141 Å². The molecule has 0 saturated carbocycles. The Bertz CT molecular complexity index is 986. The SMILES string of the molecule is O=P(c1ccccc1)(c1ccccc1)c1ccc2ncccc2c1. The van der Waals surface area contributed by atoms with Crippen molar-refractivity contribution in [3.8, 4) is 0 Å². The molecule has 0 unspecified atom stereocenters. The van der Waals surface area contributed by atoms with Crippen molar-refractivity contribution in [3.05, 3.63) is 97.2 Å². The number of fused-ring (bicyclic) bond motifs is 1. The summed E-state index contributed by atoms with van der Waals surface area (Å²) in [6.45, 7) is 0. The molecule has 0 aliphatic heterocycles. The van der Waals surface area contributed by atoms with Crippen LogP contribution in [0.3, 0.4) is 0 Å². The van der Waals surface area contributed by atoms with E-state index in [0.717, 1.165) is 26.8 Å². The zero-order chi connectivity index (χ0) is 16.4. The first-order chi connectivity index (χ1) is 11.8. The number of pyridine rings is 1. The van der Waals surface area contributed by atoms with E-state index in [1.54, 1.807) is 6.20 Å². The van der Waals surface area contributed by atoms with E-state index in [1.807, 2.05) is 91.0 Å². The lowest BCUT2D eigenvalue weighted by molar-refractivity contribution is 0.592. The molecule has 24 heavy (non-hydrogen) atoms. The highest BCUT2D eigenvalue weighted by Crippen LogP contribution is 2.42. The van der Waals surface area contributed by atoms with Crippen molar-refractivity contribution in [1.29, 1.82) is 0 Å². The normalized spacial score (nSPS) is 11.5. The largest absolute Gasteiger partial charge is 0.309 e. The third-order valence-electron chi connectivity index (χ3n) is 4.19. The predicted octanol–water partition coefficient (Wildman–Crippen LogP) is 3.87. The molecule has 0 aliphatic carbocycles. The van der Waals surface area contributed by atoms with E-state index in [2.05, 4.69) is 4.98 Å². The molecular weight excluding hydrogens is 313 g/mol. The fourth-order valence-corrected chi connectivity index (χ4v) is 5.67. The summed E-state index contributed by atoms with van der Waals surface area (Å²) in [5.74, 6) is 0. The van der Waals surface area contributed by atoms with Crippen molar-refractivity contribution in [1.82, 2.24) is 4.98 Å². The van der Waals surface area contributed by atoms with Crippen LogP contribution in [0.5, 0.6) is 0 Å². The Balaban J connectivity index is 2.00. The first-order valence-electron chi connectivity index (χ1n) is 7.85. The van der Waals surface area contributed by atoms with Gasteiger partial charge < -0.3 is 4.57 Å². The van der Waals surface area contributed by atoms with Crippen molar-refractivity contribution in [2.24, 2.45) is 0 Å². The van der Waals surface area contributed by atoms with Gasteiger partial charge in [-0.2, -0.15) is 0 Å². The van der Waals surface area contributed by atoms with Crippen LogP contribution in [0.4, 0.5) is 0 Å². The van der Waals surface area contributed by atoms with E-state index in [1.165, 1.54) is 0 Å². The van der Waals surface area contributed by atoms with Crippen LogP contribution in [0, 0.1) is 0 Å². The van der Waals surface area contributed by atoms with E-state index < -0.39 is 7.14 Å². The summed E-state index contributed by atoms with van der Waals surface area (Å²) >= 11 is 0. The number of hydrogen-bond acceptors (Lipinski definition) is 2. The molecule has 0 spiro atoms. The molecule has 4 aromatic rings. The Hall–Kier alpha value is -2.70. The third-order valence-corrected chi connectivity index (χ3v) is 7.25. The van der Waals surface area contributed by atoms with Gasteiger partial charge in [0, 0.05) is 27.5 Å². The van der Waals surface area contributed by atoms with Crippen LogP contribution >= 0.6 is 7.14 Å². The lowest BCUT2D eigenvalue weighted by Crippen LogP contribution is -2.24. The zero-order valence-corrected chi connectivity index (χ0v) is 13.9. The highest BCUT2D eigenvalue weighted by Gasteiger charge is 2.29.